The third-order valence-electron chi connectivity index (χ3n) is 3.33. The van der Waals surface area contributed by atoms with Crippen LogP contribution in [0.3, 0.4) is 0 Å². The van der Waals surface area contributed by atoms with E-state index in [1.807, 2.05) is 0 Å². The molecule has 2 aromatic carbocycles. The van der Waals surface area contributed by atoms with Crippen molar-refractivity contribution in [1.82, 2.24) is 0 Å². The second-order valence-electron chi connectivity index (χ2n) is 5.13. The summed E-state index contributed by atoms with van der Waals surface area (Å²) in [6.07, 6.45) is 2.96. The first kappa shape index (κ1) is 20.0. The number of carbonyl (C=O) groups excluding carboxylic acids is 1. The number of rotatable bonds is 6. The summed E-state index contributed by atoms with van der Waals surface area (Å²) in [5.74, 6) is 0.712. The Balaban J connectivity index is 2.11. The van der Waals surface area contributed by atoms with E-state index in [-0.39, 0.29) is 10.8 Å². The summed E-state index contributed by atoms with van der Waals surface area (Å²) in [7, 11) is -0.706. The van der Waals surface area contributed by atoms with Crippen LogP contribution in [0.4, 0.5) is 5.69 Å². The predicted octanol–water partition coefficient (Wildman–Crippen LogP) is 2.77. The van der Waals surface area contributed by atoms with E-state index in [2.05, 4.69) is 21.2 Å². The van der Waals surface area contributed by atoms with Gasteiger partial charge in [0.2, 0.25) is 15.9 Å². The lowest BCUT2D eigenvalue weighted by atomic mass is 10.2. The number of nitrogens with one attached hydrogen (secondary N) is 1. The van der Waals surface area contributed by atoms with Crippen LogP contribution in [0.2, 0.25) is 0 Å². The van der Waals surface area contributed by atoms with Crippen LogP contribution in [0.5, 0.6) is 11.5 Å². The zero-order chi connectivity index (χ0) is 19.3. The number of ether oxygens (including phenoxy) is 2. The zero-order valence-electron chi connectivity index (χ0n) is 14.0. The van der Waals surface area contributed by atoms with E-state index in [1.165, 1.54) is 44.6 Å². The first-order valence-electron chi connectivity index (χ1n) is 7.28. The molecule has 0 radical (unpaired) electrons. The molecule has 0 unspecified atom stereocenters. The number of carbonyl (C=O) groups is 1. The highest BCUT2D eigenvalue weighted by molar-refractivity contribution is 9.10. The maximum absolute atomic E-state index is 12.0. The van der Waals surface area contributed by atoms with Gasteiger partial charge in [-0.2, -0.15) is 0 Å². The molecule has 0 aliphatic heterocycles. The summed E-state index contributed by atoms with van der Waals surface area (Å²) in [6.45, 7) is 0. The number of sulfonamides is 1. The van der Waals surface area contributed by atoms with E-state index in [0.717, 1.165) is 5.56 Å². The fraction of sp³-hybridized carbons (Fsp3) is 0.118. The molecule has 0 atom stereocenters. The fourth-order valence-electron chi connectivity index (χ4n) is 2.12. The van der Waals surface area contributed by atoms with Gasteiger partial charge in [-0.05, 0) is 64.0 Å². The molecule has 9 heteroatoms. The molecule has 0 spiro atoms. The van der Waals surface area contributed by atoms with Gasteiger partial charge in [-0.15, -0.1) is 0 Å². The number of halogens is 1. The van der Waals surface area contributed by atoms with Crippen molar-refractivity contribution in [1.29, 1.82) is 0 Å². The minimum absolute atomic E-state index is 0.0266. The van der Waals surface area contributed by atoms with Crippen molar-refractivity contribution in [3.63, 3.8) is 0 Å². The maximum atomic E-state index is 12.0. The lowest BCUT2D eigenvalue weighted by molar-refractivity contribution is -0.111. The van der Waals surface area contributed by atoms with Gasteiger partial charge in [-0.1, -0.05) is 0 Å². The molecule has 0 aliphatic rings. The Kier molecular flexibility index (Phi) is 6.41. The molecule has 0 saturated carbocycles. The van der Waals surface area contributed by atoms with Crippen LogP contribution in [0, 0.1) is 0 Å². The molecule has 0 fully saturated rings. The van der Waals surface area contributed by atoms with E-state index in [0.29, 0.717) is 21.7 Å². The fourth-order valence-corrected chi connectivity index (χ4v) is 3.25. The molecule has 0 heterocycles. The van der Waals surface area contributed by atoms with E-state index in [1.54, 1.807) is 18.2 Å². The molecular weight excluding hydrogens is 424 g/mol. The lowest BCUT2D eigenvalue weighted by Gasteiger charge is -2.10. The van der Waals surface area contributed by atoms with Gasteiger partial charge in [0.1, 0.15) is 0 Å². The number of benzene rings is 2. The van der Waals surface area contributed by atoms with E-state index in [9.17, 15) is 13.2 Å². The average Bonchev–Trinajstić information content (AvgIpc) is 2.59. The minimum Gasteiger partial charge on any atom is -0.493 e. The molecule has 138 valence electrons. The quantitative estimate of drug-likeness (QED) is 0.671. The topological polar surface area (TPSA) is 108 Å². The van der Waals surface area contributed by atoms with Gasteiger partial charge in [0.05, 0.1) is 23.6 Å². The van der Waals surface area contributed by atoms with Crippen molar-refractivity contribution >= 4 is 43.6 Å². The third kappa shape index (κ3) is 5.07. The second-order valence-corrected chi connectivity index (χ2v) is 7.55. The van der Waals surface area contributed by atoms with Crippen LogP contribution in [0.15, 0.2) is 51.8 Å². The smallest absolute Gasteiger partial charge is 0.248 e. The predicted molar refractivity (Wildman–Crippen MR) is 103 cm³/mol. The molecule has 3 N–H and O–H groups in total. The van der Waals surface area contributed by atoms with E-state index >= 15 is 0 Å². The van der Waals surface area contributed by atoms with Gasteiger partial charge in [0.25, 0.3) is 0 Å². The van der Waals surface area contributed by atoms with Crippen LogP contribution in [0.1, 0.15) is 5.56 Å². The van der Waals surface area contributed by atoms with Crippen LogP contribution >= 0.6 is 15.9 Å². The van der Waals surface area contributed by atoms with Crippen molar-refractivity contribution in [3.8, 4) is 11.5 Å². The molecule has 1 amide bonds. The molecule has 0 bridgehead atoms. The lowest BCUT2D eigenvalue weighted by Crippen LogP contribution is -2.12. The summed E-state index contributed by atoms with van der Waals surface area (Å²) in [6, 6.07) is 9.07. The molecule has 0 aliphatic carbocycles. The van der Waals surface area contributed by atoms with E-state index in [4.69, 9.17) is 14.6 Å². The van der Waals surface area contributed by atoms with Gasteiger partial charge >= 0.3 is 0 Å². The Hall–Kier alpha value is -2.36. The molecule has 2 rings (SSSR count). The molecule has 0 aromatic heterocycles. The molecule has 26 heavy (non-hydrogen) atoms. The standard InChI is InChI=1S/C17H17BrN2O5S/c1-24-15-10-11(9-14(18)17(15)25-2)3-8-16(21)20-12-4-6-13(7-5-12)26(19,22)23/h3-10H,1-2H3,(H,20,21)(H2,19,22,23). The Bertz CT molecular complexity index is 940. The van der Waals surface area contributed by atoms with Gasteiger partial charge in [-0.3, -0.25) is 4.79 Å². The summed E-state index contributed by atoms with van der Waals surface area (Å²) >= 11 is 3.38. The Morgan fingerprint density at radius 2 is 1.81 bits per heavy atom. The number of primary sulfonamides is 1. The third-order valence-corrected chi connectivity index (χ3v) is 4.85. The first-order valence-corrected chi connectivity index (χ1v) is 9.62. The average molecular weight is 441 g/mol. The van der Waals surface area contributed by atoms with Gasteiger partial charge in [-0.25, -0.2) is 13.6 Å². The highest BCUT2D eigenvalue weighted by atomic mass is 79.9. The van der Waals surface area contributed by atoms with Crippen molar-refractivity contribution in [2.24, 2.45) is 5.14 Å². The highest BCUT2D eigenvalue weighted by Crippen LogP contribution is 2.36. The SMILES string of the molecule is COc1cc(C=CC(=O)Nc2ccc(S(N)(=O)=O)cc2)cc(Br)c1OC. The summed E-state index contributed by atoms with van der Waals surface area (Å²) in [5.41, 5.74) is 1.18. The van der Waals surface area contributed by atoms with Crippen LogP contribution < -0.4 is 19.9 Å². The molecule has 0 saturated heterocycles. The normalized spacial score (nSPS) is 11.4. The van der Waals surface area contributed by atoms with Crippen LogP contribution in [0.25, 0.3) is 6.08 Å². The number of anilines is 1. The first-order chi connectivity index (χ1) is 12.2. The largest absolute Gasteiger partial charge is 0.493 e. The number of hydrogen-bond donors (Lipinski definition) is 2. The molecule has 7 nitrogen and oxygen atoms in total. The highest BCUT2D eigenvalue weighted by Gasteiger charge is 2.10. The Morgan fingerprint density at radius 3 is 2.35 bits per heavy atom. The van der Waals surface area contributed by atoms with E-state index < -0.39 is 10.0 Å². The number of nitrogens with two attached hydrogens (primary N) is 1. The summed E-state index contributed by atoms with van der Waals surface area (Å²) in [5, 5.41) is 7.65. The van der Waals surface area contributed by atoms with Crippen LogP contribution in [-0.4, -0.2) is 28.5 Å². The van der Waals surface area contributed by atoms with Crippen molar-refractivity contribution in [2.45, 2.75) is 4.90 Å². The second kappa shape index (κ2) is 8.35. The van der Waals surface area contributed by atoms with Crippen LogP contribution in [-0.2, 0) is 14.8 Å². The minimum atomic E-state index is -3.76. The zero-order valence-corrected chi connectivity index (χ0v) is 16.4. The Morgan fingerprint density at radius 1 is 1.15 bits per heavy atom. The summed E-state index contributed by atoms with van der Waals surface area (Å²) < 4.78 is 33.6. The molecular formula is C17H17BrN2O5S. The van der Waals surface area contributed by atoms with Gasteiger partial charge in [0.15, 0.2) is 11.5 Å². The number of amides is 1. The van der Waals surface area contributed by atoms with Gasteiger partial charge < -0.3 is 14.8 Å². The van der Waals surface area contributed by atoms with Crippen molar-refractivity contribution in [2.75, 3.05) is 19.5 Å². The van der Waals surface area contributed by atoms with Crippen molar-refractivity contribution in [3.05, 3.63) is 52.5 Å². The number of hydrogen-bond acceptors (Lipinski definition) is 5. The van der Waals surface area contributed by atoms with Gasteiger partial charge in [0, 0.05) is 11.8 Å². The maximum Gasteiger partial charge on any atom is 0.248 e. The monoisotopic (exact) mass is 440 g/mol. The number of methoxy groups -OCH3 is 2. The summed E-state index contributed by atoms with van der Waals surface area (Å²) in [4.78, 5) is 12.0. The molecule has 2 aromatic rings. The van der Waals surface area contributed by atoms with Crippen molar-refractivity contribution < 1.29 is 22.7 Å². The Labute approximate surface area is 160 Å².